The van der Waals surface area contributed by atoms with Crippen LogP contribution in [0.25, 0.3) is 0 Å². The maximum Gasteiger partial charge on any atom is 0.269 e. The number of rotatable bonds is 3. The van der Waals surface area contributed by atoms with Gasteiger partial charge >= 0.3 is 0 Å². The van der Waals surface area contributed by atoms with Crippen molar-refractivity contribution in [2.45, 2.75) is 31.9 Å². The maximum atomic E-state index is 10.7. The van der Waals surface area contributed by atoms with Crippen LogP contribution in [0.2, 0.25) is 0 Å². The fraction of sp³-hybridized carbons (Fsp3) is 0.538. The molecule has 2 aliphatic rings. The van der Waals surface area contributed by atoms with Gasteiger partial charge in [-0.15, -0.1) is 0 Å². The largest absolute Gasteiger partial charge is 0.392 e. The molecule has 1 heterocycles. The molecule has 1 N–H and O–H groups in total. The average Bonchev–Trinajstić information content (AvgIpc) is 3.00. The number of aliphatic hydroxyl groups is 1. The number of nitro benzene ring substituents is 1. The molecule has 2 atom stereocenters. The number of anilines is 1. The van der Waals surface area contributed by atoms with Crippen molar-refractivity contribution in [3.8, 4) is 0 Å². The van der Waals surface area contributed by atoms with E-state index in [9.17, 15) is 15.2 Å². The Morgan fingerprint density at radius 3 is 2.83 bits per heavy atom. The zero-order valence-corrected chi connectivity index (χ0v) is 10.1. The van der Waals surface area contributed by atoms with Gasteiger partial charge in [0.15, 0.2) is 0 Å². The Labute approximate surface area is 105 Å². The third-order valence-electron chi connectivity index (χ3n) is 4.16. The lowest BCUT2D eigenvalue weighted by Crippen LogP contribution is -2.32. The molecule has 0 amide bonds. The Hall–Kier alpha value is -1.62. The molecule has 1 aromatic rings. The fourth-order valence-corrected chi connectivity index (χ4v) is 3.31. The Bertz CT molecular complexity index is 489. The predicted molar refractivity (Wildman–Crippen MR) is 67.5 cm³/mol. The van der Waals surface area contributed by atoms with Gasteiger partial charge in [0.2, 0.25) is 0 Å². The Morgan fingerprint density at radius 1 is 1.44 bits per heavy atom. The van der Waals surface area contributed by atoms with E-state index in [4.69, 9.17) is 0 Å². The van der Waals surface area contributed by atoms with Crippen molar-refractivity contribution in [1.29, 1.82) is 0 Å². The van der Waals surface area contributed by atoms with Gasteiger partial charge in [-0.3, -0.25) is 10.1 Å². The van der Waals surface area contributed by atoms with Gasteiger partial charge in [0, 0.05) is 36.0 Å². The topological polar surface area (TPSA) is 66.6 Å². The first-order chi connectivity index (χ1) is 8.69. The van der Waals surface area contributed by atoms with Crippen LogP contribution in [0.4, 0.5) is 11.4 Å². The predicted octanol–water partition coefficient (Wildman–Crippen LogP) is 2.08. The number of nitrogens with zero attached hydrogens (tertiary/aromatic N) is 2. The minimum atomic E-state index is -0.418. The summed E-state index contributed by atoms with van der Waals surface area (Å²) in [6, 6.07) is 5.35. The highest BCUT2D eigenvalue weighted by Crippen LogP contribution is 2.41. The molecule has 0 radical (unpaired) electrons. The van der Waals surface area contributed by atoms with E-state index < -0.39 is 4.92 Å². The van der Waals surface area contributed by atoms with Gasteiger partial charge in [-0.2, -0.15) is 0 Å². The van der Waals surface area contributed by atoms with Crippen LogP contribution in [0.3, 0.4) is 0 Å². The van der Waals surface area contributed by atoms with E-state index in [1.54, 1.807) is 6.07 Å². The molecule has 1 saturated carbocycles. The normalized spacial score (nSPS) is 25.7. The van der Waals surface area contributed by atoms with Crippen molar-refractivity contribution >= 4 is 11.4 Å². The fourth-order valence-electron chi connectivity index (χ4n) is 3.31. The van der Waals surface area contributed by atoms with E-state index in [2.05, 4.69) is 4.90 Å². The lowest BCUT2D eigenvalue weighted by atomic mass is 10.1. The number of nitro groups is 1. The molecule has 2 fully saturated rings. The van der Waals surface area contributed by atoms with Gasteiger partial charge in [0.1, 0.15) is 0 Å². The van der Waals surface area contributed by atoms with Crippen molar-refractivity contribution in [3.63, 3.8) is 0 Å². The van der Waals surface area contributed by atoms with E-state index in [1.165, 1.54) is 31.4 Å². The van der Waals surface area contributed by atoms with E-state index in [0.717, 1.165) is 18.2 Å². The highest BCUT2D eigenvalue weighted by Gasteiger charge is 2.38. The molecule has 18 heavy (non-hydrogen) atoms. The van der Waals surface area contributed by atoms with Gasteiger partial charge in [-0.05, 0) is 31.2 Å². The summed E-state index contributed by atoms with van der Waals surface area (Å²) in [5, 5.41) is 20.1. The van der Waals surface area contributed by atoms with Gasteiger partial charge in [-0.1, -0.05) is 0 Å². The van der Waals surface area contributed by atoms with Crippen LogP contribution in [0, 0.1) is 16.0 Å². The minimum absolute atomic E-state index is 0.0483. The third kappa shape index (κ3) is 1.75. The van der Waals surface area contributed by atoms with Crippen LogP contribution >= 0.6 is 0 Å². The molecule has 0 aromatic heterocycles. The number of aliphatic hydroxyl groups excluding tert-OH is 1. The SMILES string of the molecule is O=[N+]([O-])c1ccc(N2CC3CCC2C3)c(CO)c1. The number of hydrogen-bond donors (Lipinski definition) is 1. The molecule has 3 rings (SSSR count). The van der Waals surface area contributed by atoms with E-state index in [1.807, 2.05) is 0 Å². The Kier molecular flexibility index (Phi) is 2.70. The van der Waals surface area contributed by atoms with Gasteiger partial charge in [0.05, 0.1) is 11.5 Å². The minimum Gasteiger partial charge on any atom is -0.392 e. The first kappa shape index (κ1) is 11.5. The summed E-state index contributed by atoms with van der Waals surface area (Å²) < 4.78 is 0. The number of hydrogen-bond acceptors (Lipinski definition) is 4. The molecule has 96 valence electrons. The lowest BCUT2D eigenvalue weighted by molar-refractivity contribution is -0.384. The number of fused-ring (bicyclic) bond motifs is 2. The van der Waals surface area contributed by atoms with Crippen molar-refractivity contribution in [3.05, 3.63) is 33.9 Å². The molecule has 1 aromatic carbocycles. The smallest absolute Gasteiger partial charge is 0.269 e. The average molecular weight is 248 g/mol. The van der Waals surface area contributed by atoms with Crippen LogP contribution in [0.5, 0.6) is 0 Å². The first-order valence-corrected chi connectivity index (χ1v) is 6.34. The van der Waals surface area contributed by atoms with Crippen LogP contribution in [-0.2, 0) is 6.61 Å². The van der Waals surface area contributed by atoms with Gasteiger partial charge in [0.25, 0.3) is 5.69 Å². The quantitative estimate of drug-likeness (QED) is 0.657. The molecule has 0 spiro atoms. The molecule has 1 aliphatic heterocycles. The molecular weight excluding hydrogens is 232 g/mol. The summed E-state index contributed by atoms with van der Waals surface area (Å²) in [5.74, 6) is 0.761. The van der Waals surface area contributed by atoms with Gasteiger partial charge in [-0.25, -0.2) is 0 Å². The van der Waals surface area contributed by atoms with Crippen molar-refractivity contribution in [2.75, 3.05) is 11.4 Å². The highest BCUT2D eigenvalue weighted by molar-refractivity contribution is 5.59. The van der Waals surface area contributed by atoms with Gasteiger partial charge < -0.3 is 10.0 Å². The number of non-ortho nitro benzene ring substituents is 1. The summed E-state index contributed by atoms with van der Waals surface area (Å²) in [7, 11) is 0. The first-order valence-electron chi connectivity index (χ1n) is 6.34. The van der Waals surface area contributed by atoms with Crippen LogP contribution in [0.1, 0.15) is 24.8 Å². The molecule has 5 nitrogen and oxygen atoms in total. The standard InChI is InChI=1S/C13H16N2O3/c16-8-10-6-12(15(17)18)3-4-13(10)14-7-9-1-2-11(14)5-9/h3-4,6,9,11,16H,1-2,5,7-8H2. The summed E-state index contributed by atoms with van der Waals surface area (Å²) in [5.41, 5.74) is 1.68. The molecule has 1 saturated heterocycles. The van der Waals surface area contributed by atoms with E-state index in [0.29, 0.717) is 11.6 Å². The monoisotopic (exact) mass is 248 g/mol. The maximum absolute atomic E-state index is 10.7. The second-order valence-corrected chi connectivity index (χ2v) is 5.21. The third-order valence-corrected chi connectivity index (χ3v) is 4.16. The second-order valence-electron chi connectivity index (χ2n) is 5.21. The van der Waals surface area contributed by atoms with E-state index in [-0.39, 0.29) is 12.3 Å². The lowest BCUT2D eigenvalue weighted by Gasteiger charge is -2.30. The van der Waals surface area contributed by atoms with Crippen molar-refractivity contribution in [1.82, 2.24) is 0 Å². The zero-order chi connectivity index (χ0) is 12.7. The van der Waals surface area contributed by atoms with Crippen molar-refractivity contribution < 1.29 is 10.0 Å². The van der Waals surface area contributed by atoms with Crippen molar-refractivity contribution in [2.24, 2.45) is 5.92 Å². The van der Waals surface area contributed by atoms with E-state index >= 15 is 0 Å². The summed E-state index contributed by atoms with van der Waals surface area (Å²) in [6.07, 6.45) is 3.72. The Balaban J connectivity index is 1.94. The summed E-state index contributed by atoms with van der Waals surface area (Å²) >= 11 is 0. The Morgan fingerprint density at radius 2 is 2.28 bits per heavy atom. The van der Waals surface area contributed by atoms with Crippen LogP contribution in [-0.4, -0.2) is 22.6 Å². The highest BCUT2D eigenvalue weighted by atomic mass is 16.6. The number of piperidine rings is 1. The molecule has 5 heteroatoms. The second kappa shape index (κ2) is 4.24. The molecule has 1 aliphatic carbocycles. The van der Waals surface area contributed by atoms with Crippen LogP contribution in [0.15, 0.2) is 18.2 Å². The van der Waals surface area contributed by atoms with Crippen LogP contribution < -0.4 is 4.90 Å². The molecule has 2 bridgehead atoms. The summed E-state index contributed by atoms with van der Waals surface area (Å²) in [4.78, 5) is 12.6. The summed E-state index contributed by atoms with van der Waals surface area (Å²) in [6.45, 7) is 0.875. The molecular formula is C13H16N2O3. The number of benzene rings is 1. The molecule has 2 unspecified atom stereocenters. The zero-order valence-electron chi connectivity index (χ0n) is 10.1.